The first kappa shape index (κ1) is 14.5. The zero-order chi connectivity index (χ0) is 13.8. The van der Waals surface area contributed by atoms with E-state index in [1.165, 1.54) is 0 Å². The minimum atomic E-state index is -0.364. The zero-order valence-corrected chi connectivity index (χ0v) is 12.9. The molecule has 5 nitrogen and oxygen atoms in total. The van der Waals surface area contributed by atoms with Crippen LogP contribution in [0.4, 0.5) is 0 Å². The van der Waals surface area contributed by atoms with Crippen molar-refractivity contribution in [2.45, 2.75) is 44.7 Å². The molecule has 1 unspecified atom stereocenters. The van der Waals surface area contributed by atoms with Gasteiger partial charge >= 0.3 is 5.97 Å². The molecule has 0 N–H and O–H groups in total. The highest BCUT2D eigenvalue weighted by atomic mass is 79.9. The van der Waals surface area contributed by atoms with Crippen molar-refractivity contribution in [2.24, 2.45) is 0 Å². The summed E-state index contributed by atoms with van der Waals surface area (Å²) in [7, 11) is 0. The van der Waals surface area contributed by atoms with Crippen LogP contribution in [0.15, 0.2) is 0 Å². The number of aromatic nitrogens is 2. The molecule has 0 amide bonds. The van der Waals surface area contributed by atoms with Crippen LogP contribution in [0.3, 0.4) is 0 Å². The Labute approximate surface area is 121 Å². The molecule has 1 aliphatic heterocycles. The molecule has 0 aliphatic carbocycles. The number of alkyl halides is 1. The lowest BCUT2D eigenvalue weighted by Crippen LogP contribution is -2.21. The Morgan fingerprint density at radius 3 is 2.95 bits per heavy atom. The number of carbonyl (C=O) groups excluding carboxylic acids is 1. The number of carbonyl (C=O) groups is 1. The minimum Gasteiger partial charge on any atom is -0.461 e. The van der Waals surface area contributed by atoms with Gasteiger partial charge in [0.25, 0.3) is 0 Å². The molecule has 0 saturated carbocycles. The highest BCUT2D eigenvalue weighted by Crippen LogP contribution is 2.27. The molecule has 0 aromatic carbocycles. The molecular weight excluding hydrogens is 312 g/mol. The summed E-state index contributed by atoms with van der Waals surface area (Å²) in [5, 5.41) is 5.05. The molecule has 2 heterocycles. The number of ether oxygens (including phenoxy) is 2. The van der Waals surface area contributed by atoms with Gasteiger partial charge in [0.2, 0.25) is 0 Å². The fraction of sp³-hybridized carbons (Fsp3) is 0.692. The number of nitrogens with zero attached hydrogens (tertiary/aromatic N) is 2. The predicted octanol–water partition coefficient (Wildman–Crippen LogP) is 2.96. The van der Waals surface area contributed by atoms with E-state index in [-0.39, 0.29) is 12.2 Å². The molecule has 6 heteroatoms. The second kappa shape index (κ2) is 6.52. The number of hydrogen-bond acceptors (Lipinski definition) is 4. The zero-order valence-electron chi connectivity index (χ0n) is 11.3. The third kappa shape index (κ3) is 3.00. The fourth-order valence-corrected chi connectivity index (χ4v) is 2.94. The average Bonchev–Trinajstić information content (AvgIpc) is 2.77. The van der Waals surface area contributed by atoms with Gasteiger partial charge in [0, 0.05) is 17.5 Å². The molecule has 0 bridgehead atoms. The van der Waals surface area contributed by atoms with Crippen molar-refractivity contribution in [1.29, 1.82) is 0 Å². The lowest BCUT2D eigenvalue weighted by molar-refractivity contribution is -0.0409. The summed E-state index contributed by atoms with van der Waals surface area (Å²) in [6.07, 6.45) is 3.08. The van der Waals surface area contributed by atoms with Crippen LogP contribution in [0.5, 0.6) is 0 Å². The normalized spacial score (nSPS) is 19.4. The molecule has 1 saturated heterocycles. The van der Waals surface area contributed by atoms with Crippen LogP contribution in [0.25, 0.3) is 0 Å². The summed E-state index contributed by atoms with van der Waals surface area (Å²) in [5.74, 6) is -0.364. The number of rotatable bonds is 4. The molecule has 1 aromatic heterocycles. The molecule has 106 valence electrons. The van der Waals surface area contributed by atoms with E-state index in [1.807, 2.05) is 11.6 Å². The van der Waals surface area contributed by atoms with Crippen molar-refractivity contribution >= 4 is 21.9 Å². The van der Waals surface area contributed by atoms with E-state index in [2.05, 4.69) is 21.0 Å². The van der Waals surface area contributed by atoms with Crippen LogP contribution in [0.1, 0.15) is 54.2 Å². The summed E-state index contributed by atoms with van der Waals surface area (Å²) in [4.78, 5) is 11.9. The Morgan fingerprint density at radius 1 is 1.58 bits per heavy atom. The van der Waals surface area contributed by atoms with Gasteiger partial charge in [-0.2, -0.15) is 5.10 Å². The van der Waals surface area contributed by atoms with E-state index >= 15 is 0 Å². The van der Waals surface area contributed by atoms with Crippen LogP contribution in [-0.4, -0.2) is 29.0 Å². The predicted molar refractivity (Wildman–Crippen MR) is 74.4 cm³/mol. The standard InChI is InChI=1S/C13H19BrN2O3/c1-3-18-13(17)12-9(2)10(8-14)16(15-12)11-6-4-5-7-19-11/h11H,3-8H2,1-2H3. The van der Waals surface area contributed by atoms with Crippen LogP contribution >= 0.6 is 15.9 Å². The largest absolute Gasteiger partial charge is 0.461 e. The van der Waals surface area contributed by atoms with Gasteiger partial charge in [0.1, 0.15) is 0 Å². The molecule has 0 radical (unpaired) electrons. The maximum atomic E-state index is 11.9. The van der Waals surface area contributed by atoms with Gasteiger partial charge in [0.05, 0.1) is 12.3 Å². The van der Waals surface area contributed by atoms with Gasteiger partial charge in [-0.05, 0) is 33.1 Å². The Balaban J connectivity index is 2.32. The third-order valence-corrected chi connectivity index (χ3v) is 3.83. The first-order valence-electron chi connectivity index (χ1n) is 6.61. The van der Waals surface area contributed by atoms with E-state index in [1.54, 1.807) is 6.92 Å². The second-order valence-corrected chi connectivity index (χ2v) is 5.10. The lowest BCUT2D eigenvalue weighted by atomic mass is 10.2. The van der Waals surface area contributed by atoms with E-state index < -0.39 is 0 Å². The SMILES string of the molecule is CCOC(=O)c1nn(C2CCCCO2)c(CBr)c1C. The molecule has 1 aliphatic rings. The lowest BCUT2D eigenvalue weighted by Gasteiger charge is -2.24. The Morgan fingerprint density at radius 2 is 2.37 bits per heavy atom. The molecule has 19 heavy (non-hydrogen) atoms. The Bertz CT molecular complexity index is 453. The molecule has 2 rings (SSSR count). The van der Waals surface area contributed by atoms with Crippen LogP contribution in [0.2, 0.25) is 0 Å². The topological polar surface area (TPSA) is 53.3 Å². The molecule has 1 aromatic rings. The first-order valence-corrected chi connectivity index (χ1v) is 7.73. The monoisotopic (exact) mass is 330 g/mol. The smallest absolute Gasteiger partial charge is 0.359 e. The molecule has 1 fully saturated rings. The number of esters is 1. The third-order valence-electron chi connectivity index (χ3n) is 3.30. The van der Waals surface area contributed by atoms with Crippen molar-refractivity contribution in [1.82, 2.24) is 9.78 Å². The molecule has 0 spiro atoms. The van der Waals surface area contributed by atoms with Gasteiger partial charge in [0.15, 0.2) is 11.9 Å². The summed E-state index contributed by atoms with van der Waals surface area (Å²) in [5.41, 5.74) is 2.24. The van der Waals surface area contributed by atoms with Gasteiger partial charge in [-0.3, -0.25) is 0 Å². The average molecular weight is 331 g/mol. The van der Waals surface area contributed by atoms with Gasteiger partial charge in [-0.25, -0.2) is 9.48 Å². The van der Waals surface area contributed by atoms with Crippen LogP contribution in [0, 0.1) is 6.92 Å². The van der Waals surface area contributed by atoms with Crippen LogP contribution in [-0.2, 0) is 14.8 Å². The quantitative estimate of drug-likeness (QED) is 0.629. The van der Waals surface area contributed by atoms with E-state index in [4.69, 9.17) is 9.47 Å². The van der Waals surface area contributed by atoms with E-state index in [0.717, 1.165) is 37.1 Å². The van der Waals surface area contributed by atoms with Crippen molar-refractivity contribution in [3.8, 4) is 0 Å². The van der Waals surface area contributed by atoms with Crippen molar-refractivity contribution < 1.29 is 14.3 Å². The number of halogens is 1. The summed E-state index contributed by atoms with van der Waals surface area (Å²) in [6.45, 7) is 4.80. The van der Waals surface area contributed by atoms with Crippen molar-refractivity contribution in [3.63, 3.8) is 0 Å². The minimum absolute atomic E-state index is 0.0665. The molecule has 1 atom stereocenters. The second-order valence-electron chi connectivity index (χ2n) is 4.54. The summed E-state index contributed by atoms with van der Waals surface area (Å²) < 4.78 is 12.6. The molecular formula is C13H19BrN2O3. The van der Waals surface area contributed by atoms with Gasteiger partial charge in [-0.15, -0.1) is 0 Å². The van der Waals surface area contributed by atoms with Crippen molar-refractivity contribution in [3.05, 3.63) is 17.0 Å². The maximum absolute atomic E-state index is 11.9. The van der Waals surface area contributed by atoms with E-state index in [0.29, 0.717) is 17.6 Å². The van der Waals surface area contributed by atoms with E-state index in [9.17, 15) is 4.79 Å². The van der Waals surface area contributed by atoms with Gasteiger partial charge in [-0.1, -0.05) is 15.9 Å². The van der Waals surface area contributed by atoms with Crippen LogP contribution < -0.4 is 0 Å². The summed E-state index contributed by atoms with van der Waals surface area (Å²) in [6, 6.07) is 0. The Hall–Kier alpha value is -0.880. The summed E-state index contributed by atoms with van der Waals surface area (Å²) >= 11 is 3.46. The Kier molecular flexibility index (Phi) is 4.99. The maximum Gasteiger partial charge on any atom is 0.359 e. The first-order chi connectivity index (χ1) is 9.19. The number of hydrogen-bond donors (Lipinski definition) is 0. The highest BCUT2D eigenvalue weighted by molar-refractivity contribution is 9.08. The highest BCUT2D eigenvalue weighted by Gasteiger charge is 2.25. The van der Waals surface area contributed by atoms with Gasteiger partial charge < -0.3 is 9.47 Å². The fourth-order valence-electron chi connectivity index (χ4n) is 2.26. The van der Waals surface area contributed by atoms with Crippen molar-refractivity contribution in [2.75, 3.05) is 13.2 Å².